The number of nitrogens with one attached hydrogen (secondary N) is 2. The van der Waals surface area contributed by atoms with Crippen molar-refractivity contribution in [3.8, 4) is 5.82 Å². The Bertz CT molecular complexity index is 1240. The molecule has 0 saturated carbocycles. The molecule has 8 heteroatoms. The Morgan fingerprint density at radius 2 is 1.84 bits per heavy atom. The van der Waals surface area contributed by atoms with E-state index < -0.39 is 17.8 Å². The third kappa shape index (κ3) is 4.02. The van der Waals surface area contributed by atoms with Crippen LogP contribution in [0.2, 0.25) is 0 Å². The van der Waals surface area contributed by atoms with Crippen LogP contribution in [0.5, 0.6) is 0 Å². The molecule has 0 spiro atoms. The molecule has 0 aliphatic carbocycles. The maximum absolute atomic E-state index is 12.8. The number of benzene rings is 1. The summed E-state index contributed by atoms with van der Waals surface area (Å²) < 4.78 is 1.97. The first-order valence-corrected chi connectivity index (χ1v) is 10.2. The Morgan fingerprint density at radius 1 is 1.09 bits per heavy atom. The number of aryl methyl sites for hydroxylation is 2. The first kappa shape index (κ1) is 21.0. The number of rotatable bonds is 5. The number of urea groups is 1. The monoisotopic (exact) mass is 429 g/mol. The predicted octanol–water partition coefficient (Wildman–Crippen LogP) is 3.33. The zero-order valence-electron chi connectivity index (χ0n) is 18.0. The van der Waals surface area contributed by atoms with Gasteiger partial charge in [-0.2, -0.15) is 0 Å². The van der Waals surface area contributed by atoms with Gasteiger partial charge in [0.25, 0.3) is 5.91 Å². The summed E-state index contributed by atoms with van der Waals surface area (Å²) in [4.78, 5) is 42.9. The van der Waals surface area contributed by atoms with Crippen LogP contribution in [0.1, 0.15) is 22.5 Å². The van der Waals surface area contributed by atoms with Gasteiger partial charge in [-0.25, -0.2) is 14.7 Å². The van der Waals surface area contributed by atoms with Gasteiger partial charge in [-0.1, -0.05) is 24.3 Å². The lowest BCUT2D eigenvalue weighted by molar-refractivity contribution is -0.127. The first-order chi connectivity index (χ1) is 15.3. The molecule has 162 valence electrons. The Hall–Kier alpha value is -4.20. The van der Waals surface area contributed by atoms with Gasteiger partial charge < -0.3 is 15.2 Å². The van der Waals surface area contributed by atoms with Crippen molar-refractivity contribution in [3.63, 3.8) is 0 Å². The van der Waals surface area contributed by atoms with E-state index in [1.54, 1.807) is 24.4 Å². The number of amides is 4. The van der Waals surface area contributed by atoms with Crippen molar-refractivity contribution in [2.24, 2.45) is 0 Å². The van der Waals surface area contributed by atoms with Crippen molar-refractivity contribution in [3.05, 3.63) is 82.9 Å². The van der Waals surface area contributed by atoms with Gasteiger partial charge in [0.05, 0.1) is 0 Å². The van der Waals surface area contributed by atoms with E-state index in [2.05, 4.69) is 15.6 Å². The van der Waals surface area contributed by atoms with Crippen molar-refractivity contribution in [2.45, 2.75) is 20.8 Å². The zero-order chi connectivity index (χ0) is 22.8. The molecule has 0 radical (unpaired) electrons. The van der Waals surface area contributed by atoms with Gasteiger partial charge in [0.2, 0.25) is 5.91 Å². The van der Waals surface area contributed by atoms with E-state index in [1.807, 2.05) is 61.7 Å². The molecular formula is C24H23N5O3. The van der Waals surface area contributed by atoms with E-state index in [0.29, 0.717) is 5.69 Å². The summed E-state index contributed by atoms with van der Waals surface area (Å²) in [6, 6.07) is 14.2. The lowest BCUT2D eigenvalue weighted by Gasteiger charge is -2.13. The molecule has 3 heterocycles. The fourth-order valence-corrected chi connectivity index (χ4v) is 3.69. The number of aromatic nitrogens is 2. The summed E-state index contributed by atoms with van der Waals surface area (Å²) in [7, 11) is 0. The predicted molar refractivity (Wildman–Crippen MR) is 121 cm³/mol. The number of pyridine rings is 1. The average Bonchev–Trinajstić information content (AvgIpc) is 3.19. The molecule has 0 atom stereocenters. The van der Waals surface area contributed by atoms with Crippen molar-refractivity contribution < 1.29 is 14.4 Å². The fourth-order valence-electron chi connectivity index (χ4n) is 3.69. The lowest BCUT2D eigenvalue weighted by atomic mass is 10.2. The molecule has 8 nitrogen and oxygen atoms in total. The highest BCUT2D eigenvalue weighted by Gasteiger charge is 2.35. The number of hydrogen-bond donors (Lipinski definition) is 2. The van der Waals surface area contributed by atoms with E-state index in [-0.39, 0.29) is 12.2 Å². The van der Waals surface area contributed by atoms with Gasteiger partial charge in [-0.3, -0.25) is 9.59 Å². The van der Waals surface area contributed by atoms with Crippen LogP contribution in [0.3, 0.4) is 0 Å². The lowest BCUT2D eigenvalue weighted by Crippen LogP contribution is -2.38. The second kappa shape index (κ2) is 8.50. The van der Waals surface area contributed by atoms with Crippen molar-refractivity contribution in [2.75, 3.05) is 11.9 Å². The Balaban J connectivity index is 1.53. The molecule has 1 aliphatic rings. The molecule has 4 rings (SSSR count). The van der Waals surface area contributed by atoms with Crippen LogP contribution < -0.4 is 10.6 Å². The molecule has 2 aromatic heterocycles. The van der Waals surface area contributed by atoms with Gasteiger partial charge in [0, 0.05) is 23.3 Å². The number of hydrogen-bond acceptors (Lipinski definition) is 4. The summed E-state index contributed by atoms with van der Waals surface area (Å²) in [5.41, 5.74) is 4.26. The van der Waals surface area contributed by atoms with Crippen LogP contribution in [0.15, 0.2) is 60.4 Å². The van der Waals surface area contributed by atoms with E-state index in [9.17, 15) is 14.4 Å². The zero-order valence-corrected chi connectivity index (χ0v) is 18.0. The van der Waals surface area contributed by atoms with Crippen molar-refractivity contribution in [1.82, 2.24) is 19.8 Å². The molecule has 1 fully saturated rings. The number of nitrogens with zero attached hydrogens (tertiary/aromatic N) is 3. The smallest absolute Gasteiger partial charge is 0.324 e. The van der Waals surface area contributed by atoms with E-state index in [4.69, 9.17) is 0 Å². The topological polar surface area (TPSA) is 96.3 Å². The maximum Gasteiger partial charge on any atom is 0.329 e. The van der Waals surface area contributed by atoms with Crippen molar-refractivity contribution >= 4 is 29.6 Å². The van der Waals surface area contributed by atoms with Gasteiger partial charge in [0.15, 0.2) is 0 Å². The van der Waals surface area contributed by atoms with Gasteiger partial charge in [0.1, 0.15) is 18.1 Å². The minimum absolute atomic E-state index is 0.125. The Labute approximate surface area is 185 Å². The normalized spacial score (nSPS) is 14.7. The Morgan fingerprint density at radius 3 is 2.56 bits per heavy atom. The minimum atomic E-state index is -0.625. The van der Waals surface area contributed by atoms with Crippen LogP contribution in [-0.2, 0) is 9.59 Å². The van der Waals surface area contributed by atoms with Crippen LogP contribution in [0.4, 0.5) is 10.5 Å². The summed E-state index contributed by atoms with van der Waals surface area (Å²) >= 11 is 0. The Kier molecular flexibility index (Phi) is 5.59. The van der Waals surface area contributed by atoms with Gasteiger partial charge in [-0.15, -0.1) is 0 Å². The number of para-hydroxylation sites is 1. The molecule has 2 N–H and O–H groups in total. The van der Waals surface area contributed by atoms with Crippen LogP contribution in [0.25, 0.3) is 11.9 Å². The average molecular weight is 429 g/mol. The minimum Gasteiger partial charge on any atom is -0.324 e. The molecule has 1 aromatic carbocycles. The highest BCUT2D eigenvalue weighted by molar-refractivity contribution is 6.16. The van der Waals surface area contributed by atoms with Crippen LogP contribution in [-0.4, -0.2) is 38.8 Å². The second-order valence-corrected chi connectivity index (χ2v) is 7.59. The van der Waals surface area contributed by atoms with Crippen LogP contribution in [0, 0.1) is 20.8 Å². The van der Waals surface area contributed by atoms with E-state index in [1.165, 1.54) is 0 Å². The molecule has 0 unspecified atom stereocenters. The van der Waals surface area contributed by atoms with Gasteiger partial charge >= 0.3 is 6.03 Å². The number of anilines is 1. The molecule has 1 aliphatic heterocycles. The standard InChI is InChI=1S/C24H23N5O3/c1-15-8-4-5-9-19(15)26-22(30)14-28-23(31)20(27-24(28)32)13-18-12-16(2)29(17(18)3)21-10-6-7-11-25-21/h4-13H,14H2,1-3H3,(H,26,30)(H,27,32)/b20-13-. The second-order valence-electron chi connectivity index (χ2n) is 7.59. The summed E-state index contributed by atoms with van der Waals surface area (Å²) in [5, 5.41) is 5.31. The molecular weight excluding hydrogens is 406 g/mol. The maximum atomic E-state index is 12.8. The summed E-state index contributed by atoms with van der Waals surface area (Å²) in [6.07, 6.45) is 3.34. The van der Waals surface area contributed by atoms with Crippen LogP contribution >= 0.6 is 0 Å². The van der Waals surface area contributed by atoms with E-state index in [0.717, 1.165) is 33.2 Å². The summed E-state index contributed by atoms with van der Waals surface area (Å²) in [6.45, 7) is 5.36. The SMILES string of the molecule is Cc1ccccc1NC(=O)CN1C(=O)N/C(=C\c2cc(C)n(-c3ccccn3)c2C)C1=O. The fraction of sp³-hybridized carbons (Fsp3) is 0.167. The number of carbonyl (C=O) groups excluding carboxylic acids is 3. The molecule has 3 aromatic rings. The number of carbonyl (C=O) groups is 3. The van der Waals surface area contributed by atoms with Crippen molar-refractivity contribution in [1.29, 1.82) is 0 Å². The largest absolute Gasteiger partial charge is 0.329 e. The van der Waals surface area contributed by atoms with Gasteiger partial charge in [-0.05, 0) is 62.2 Å². The molecule has 0 bridgehead atoms. The molecule has 1 saturated heterocycles. The highest BCUT2D eigenvalue weighted by Crippen LogP contribution is 2.23. The first-order valence-electron chi connectivity index (χ1n) is 10.2. The van der Waals surface area contributed by atoms with E-state index >= 15 is 0 Å². The third-order valence-electron chi connectivity index (χ3n) is 5.33. The highest BCUT2D eigenvalue weighted by atomic mass is 16.2. The molecule has 32 heavy (non-hydrogen) atoms. The summed E-state index contributed by atoms with van der Waals surface area (Å²) in [5.74, 6) is -0.224. The molecule has 4 amide bonds. The third-order valence-corrected chi connectivity index (χ3v) is 5.33. The quantitative estimate of drug-likeness (QED) is 0.480. The number of imide groups is 1.